The molecule has 0 radical (unpaired) electrons. The molecule has 0 aliphatic carbocycles. The molecule has 1 aromatic rings. The molecule has 0 aliphatic rings. The Morgan fingerprint density at radius 1 is 1.82 bits per heavy atom. The number of hydrogen-bond acceptors (Lipinski definition) is 2. The van der Waals surface area contributed by atoms with Gasteiger partial charge in [0.05, 0.1) is 10.9 Å². The first-order valence-corrected chi connectivity index (χ1v) is 4.14. The fraction of sp³-hybridized carbons (Fsp3) is 0.250. The van der Waals surface area contributed by atoms with Crippen molar-refractivity contribution >= 4 is 11.3 Å². The lowest BCUT2D eigenvalue weighted by Gasteiger charge is -2.07. The number of nitrogens with two attached hydrogens (primary N) is 1. The Morgan fingerprint density at radius 2 is 2.45 bits per heavy atom. The van der Waals surface area contributed by atoms with Crippen LogP contribution < -0.4 is 5.73 Å². The molecule has 2 N–H and O–H groups in total. The summed E-state index contributed by atoms with van der Waals surface area (Å²) in [7, 11) is 0. The van der Waals surface area contributed by atoms with Crippen LogP contribution in [0.3, 0.4) is 0 Å². The van der Waals surface area contributed by atoms with Crippen molar-refractivity contribution in [3.63, 3.8) is 0 Å². The number of rotatable bonds is 2. The highest BCUT2D eigenvalue weighted by Crippen LogP contribution is 2.25. The smallest absolute Gasteiger partial charge is 0.139 e. The lowest BCUT2D eigenvalue weighted by molar-refractivity contribution is 0.608. The first kappa shape index (κ1) is 8.43. The molecule has 0 aliphatic heterocycles. The molecule has 11 heavy (non-hydrogen) atoms. The van der Waals surface area contributed by atoms with Gasteiger partial charge in [-0.05, 0) is 18.4 Å². The first-order valence-electron chi connectivity index (χ1n) is 3.27. The summed E-state index contributed by atoms with van der Waals surface area (Å²) in [6.07, 6.45) is 0. The van der Waals surface area contributed by atoms with Gasteiger partial charge in [0.15, 0.2) is 0 Å². The molecule has 1 atom stereocenters. The summed E-state index contributed by atoms with van der Waals surface area (Å²) in [5.41, 5.74) is 6.44. The fourth-order valence-corrected chi connectivity index (χ4v) is 1.61. The van der Waals surface area contributed by atoms with Crippen molar-refractivity contribution in [1.82, 2.24) is 0 Å². The quantitative estimate of drug-likeness (QED) is 0.680. The van der Waals surface area contributed by atoms with Crippen molar-refractivity contribution in [3.8, 4) is 0 Å². The van der Waals surface area contributed by atoms with Gasteiger partial charge in [0.2, 0.25) is 0 Å². The highest BCUT2D eigenvalue weighted by molar-refractivity contribution is 7.10. The van der Waals surface area contributed by atoms with Gasteiger partial charge in [0.25, 0.3) is 0 Å². The van der Waals surface area contributed by atoms with Gasteiger partial charge in [0.1, 0.15) is 5.82 Å². The van der Waals surface area contributed by atoms with Crippen LogP contribution in [0.15, 0.2) is 23.6 Å². The average molecular weight is 171 g/mol. The van der Waals surface area contributed by atoms with E-state index in [1.54, 1.807) is 12.3 Å². The number of halogens is 1. The van der Waals surface area contributed by atoms with Crippen LogP contribution >= 0.6 is 11.3 Å². The molecule has 0 saturated heterocycles. The Labute approximate surface area is 69.3 Å². The predicted molar refractivity (Wildman–Crippen MR) is 46.0 cm³/mol. The summed E-state index contributed by atoms with van der Waals surface area (Å²) in [5, 5.41) is 1.69. The minimum Gasteiger partial charge on any atom is -0.320 e. The minimum absolute atomic E-state index is 0.231. The van der Waals surface area contributed by atoms with E-state index in [9.17, 15) is 4.39 Å². The van der Waals surface area contributed by atoms with Gasteiger partial charge in [0, 0.05) is 0 Å². The van der Waals surface area contributed by atoms with Crippen molar-refractivity contribution in [2.45, 2.75) is 13.0 Å². The summed E-state index contributed by atoms with van der Waals surface area (Å²) in [5.74, 6) is -0.231. The molecule has 1 heterocycles. The van der Waals surface area contributed by atoms with Gasteiger partial charge >= 0.3 is 0 Å². The Balaban J connectivity index is 2.92. The molecular weight excluding hydrogens is 161 g/mol. The van der Waals surface area contributed by atoms with Crippen LogP contribution in [0.1, 0.15) is 17.8 Å². The Bertz CT molecular complexity index is 267. The first-order chi connectivity index (χ1) is 5.13. The second kappa shape index (κ2) is 3.15. The number of hydrogen-bond donors (Lipinski definition) is 1. The summed E-state index contributed by atoms with van der Waals surface area (Å²) in [4.78, 5) is 0.567. The van der Waals surface area contributed by atoms with E-state index in [1.165, 1.54) is 17.4 Å². The third-order valence-corrected chi connectivity index (χ3v) is 2.43. The largest absolute Gasteiger partial charge is 0.320 e. The van der Waals surface area contributed by atoms with Crippen LogP contribution in [0.25, 0.3) is 0 Å². The maximum Gasteiger partial charge on any atom is 0.139 e. The monoisotopic (exact) mass is 171 g/mol. The molecule has 1 aromatic heterocycles. The Morgan fingerprint density at radius 3 is 2.82 bits per heavy atom. The van der Waals surface area contributed by atoms with Crippen molar-refractivity contribution in [2.24, 2.45) is 5.73 Å². The summed E-state index contributed by atoms with van der Waals surface area (Å²) in [6.45, 7) is 5.46. The lowest BCUT2D eigenvalue weighted by atomic mass is 10.1. The highest BCUT2D eigenvalue weighted by atomic mass is 32.1. The van der Waals surface area contributed by atoms with Crippen molar-refractivity contribution in [2.75, 3.05) is 0 Å². The van der Waals surface area contributed by atoms with E-state index in [4.69, 9.17) is 5.73 Å². The van der Waals surface area contributed by atoms with E-state index in [-0.39, 0.29) is 11.9 Å². The van der Waals surface area contributed by atoms with Gasteiger partial charge in [-0.1, -0.05) is 12.2 Å². The molecular formula is C8H10FNS. The van der Waals surface area contributed by atoms with Crippen LogP contribution in [-0.4, -0.2) is 0 Å². The molecule has 60 valence electrons. The zero-order chi connectivity index (χ0) is 8.43. The van der Waals surface area contributed by atoms with E-state index in [0.717, 1.165) is 5.57 Å². The second-order valence-electron chi connectivity index (χ2n) is 2.46. The van der Waals surface area contributed by atoms with Crippen LogP contribution in [-0.2, 0) is 0 Å². The van der Waals surface area contributed by atoms with Gasteiger partial charge in [-0.25, -0.2) is 4.39 Å². The molecule has 1 unspecified atom stereocenters. The average Bonchev–Trinajstić information content (AvgIpc) is 2.33. The van der Waals surface area contributed by atoms with E-state index in [2.05, 4.69) is 6.58 Å². The Hall–Kier alpha value is -0.670. The SMILES string of the molecule is C=C(C)C(N)c1sccc1F. The predicted octanol–water partition coefficient (Wildman–Crippen LogP) is 2.46. The summed E-state index contributed by atoms with van der Waals surface area (Å²) in [6, 6.07) is 1.07. The van der Waals surface area contributed by atoms with Crippen molar-refractivity contribution in [1.29, 1.82) is 0 Å². The zero-order valence-electron chi connectivity index (χ0n) is 6.30. The fourth-order valence-electron chi connectivity index (χ4n) is 0.751. The van der Waals surface area contributed by atoms with Crippen LogP contribution in [0.5, 0.6) is 0 Å². The van der Waals surface area contributed by atoms with E-state index in [1.807, 2.05) is 0 Å². The molecule has 1 nitrogen and oxygen atoms in total. The third kappa shape index (κ3) is 1.67. The minimum atomic E-state index is -0.352. The summed E-state index contributed by atoms with van der Waals surface area (Å²) >= 11 is 1.33. The normalized spacial score (nSPS) is 13.0. The standard InChI is InChI=1S/C8H10FNS/c1-5(2)7(10)8-6(9)3-4-11-8/h3-4,7H,1,10H2,2H3. The zero-order valence-corrected chi connectivity index (χ0v) is 7.12. The van der Waals surface area contributed by atoms with Crippen LogP contribution in [0.2, 0.25) is 0 Å². The molecule has 1 rings (SSSR count). The second-order valence-corrected chi connectivity index (χ2v) is 3.40. The van der Waals surface area contributed by atoms with Crippen molar-refractivity contribution < 1.29 is 4.39 Å². The van der Waals surface area contributed by atoms with Crippen LogP contribution in [0, 0.1) is 5.82 Å². The maximum atomic E-state index is 12.8. The third-order valence-electron chi connectivity index (χ3n) is 1.46. The van der Waals surface area contributed by atoms with E-state index < -0.39 is 0 Å². The number of thiophene rings is 1. The van der Waals surface area contributed by atoms with Crippen molar-refractivity contribution in [3.05, 3.63) is 34.3 Å². The van der Waals surface area contributed by atoms with E-state index >= 15 is 0 Å². The molecule has 0 spiro atoms. The molecule has 0 fully saturated rings. The van der Waals surface area contributed by atoms with Gasteiger partial charge in [-0.2, -0.15) is 0 Å². The molecule has 0 aromatic carbocycles. The van der Waals surface area contributed by atoms with Crippen LogP contribution in [0.4, 0.5) is 4.39 Å². The molecule has 0 amide bonds. The summed E-state index contributed by atoms with van der Waals surface area (Å²) < 4.78 is 12.8. The molecule has 0 bridgehead atoms. The topological polar surface area (TPSA) is 26.0 Å². The highest BCUT2D eigenvalue weighted by Gasteiger charge is 2.12. The molecule has 3 heteroatoms. The molecule has 0 saturated carbocycles. The lowest BCUT2D eigenvalue weighted by Crippen LogP contribution is -2.10. The van der Waals surface area contributed by atoms with E-state index in [0.29, 0.717) is 4.88 Å². The van der Waals surface area contributed by atoms with Gasteiger partial charge in [-0.15, -0.1) is 11.3 Å². The van der Waals surface area contributed by atoms with Gasteiger partial charge in [-0.3, -0.25) is 0 Å². The Kier molecular flexibility index (Phi) is 2.42. The maximum absolute atomic E-state index is 12.8. The van der Waals surface area contributed by atoms with Gasteiger partial charge < -0.3 is 5.73 Å².